The molecule has 0 aliphatic carbocycles. The minimum absolute atomic E-state index is 0.287. The van der Waals surface area contributed by atoms with Crippen LogP contribution in [0.25, 0.3) is 28.4 Å². The second kappa shape index (κ2) is 7.47. The summed E-state index contributed by atoms with van der Waals surface area (Å²) in [7, 11) is 0. The van der Waals surface area contributed by atoms with Crippen molar-refractivity contribution in [3.63, 3.8) is 0 Å². The van der Waals surface area contributed by atoms with Crippen LogP contribution in [0.5, 0.6) is 0 Å². The highest BCUT2D eigenvalue weighted by Gasteiger charge is 2.12. The lowest BCUT2D eigenvalue weighted by molar-refractivity contribution is 1.01. The van der Waals surface area contributed by atoms with E-state index in [2.05, 4.69) is 16.0 Å². The van der Waals surface area contributed by atoms with Crippen molar-refractivity contribution in [3.8, 4) is 11.8 Å². The molecule has 0 aliphatic heterocycles. The molecule has 0 bridgehead atoms. The number of aromatic nitrogens is 3. The number of halogens is 1. The molecular weight excluding hydrogens is 372 g/mol. The Hall–Kier alpha value is -3.75. The summed E-state index contributed by atoms with van der Waals surface area (Å²) in [4.78, 5) is 21.7. The molecule has 3 heterocycles. The number of hydrogen-bond acceptors (Lipinski definition) is 4. The van der Waals surface area contributed by atoms with Crippen molar-refractivity contribution in [1.82, 2.24) is 14.5 Å². The van der Waals surface area contributed by atoms with Crippen LogP contribution >= 0.6 is 11.6 Å². The number of benzene rings is 1. The normalized spacial score (nSPS) is 11.4. The van der Waals surface area contributed by atoms with Crippen LogP contribution in [0.3, 0.4) is 0 Å². The summed E-state index contributed by atoms with van der Waals surface area (Å²) in [5.74, 6) is 0. The van der Waals surface area contributed by atoms with E-state index in [0.717, 1.165) is 5.39 Å². The van der Waals surface area contributed by atoms with Crippen LogP contribution in [0.2, 0.25) is 5.02 Å². The van der Waals surface area contributed by atoms with E-state index < -0.39 is 0 Å². The van der Waals surface area contributed by atoms with Crippen LogP contribution in [-0.4, -0.2) is 14.5 Å². The topological polar surface area (TPSA) is 71.6 Å². The van der Waals surface area contributed by atoms with Crippen molar-refractivity contribution in [2.24, 2.45) is 0 Å². The fourth-order valence-corrected chi connectivity index (χ4v) is 3.16. The Morgan fingerprint density at radius 1 is 1.11 bits per heavy atom. The maximum absolute atomic E-state index is 13.3. The Bertz CT molecular complexity index is 1300. The molecule has 0 saturated carbocycles. The third kappa shape index (κ3) is 3.29. The number of pyridine rings is 3. The number of rotatable bonds is 3. The van der Waals surface area contributed by atoms with Crippen molar-refractivity contribution in [2.75, 3.05) is 0 Å². The van der Waals surface area contributed by atoms with Gasteiger partial charge in [0.15, 0.2) is 0 Å². The fourth-order valence-electron chi connectivity index (χ4n) is 2.98. The van der Waals surface area contributed by atoms with E-state index in [1.807, 2.05) is 6.07 Å². The SMILES string of the molecule is N#C/C(=C\c1cc2cccnc2n(-c2cccc(Cl)c2)c1=O)c1cccnc1. The van der Waals surface area contributed by atoms with E-state index >= 15 is 0 Å². The molecule has 28 heavy (non-hydrogen) atoms. The average molecular weight is 385 g/mol. The standard InChI is InChI=1S/C22H13ClN4O/c23-19-6-1-7-20(12-19)27-21-15(4-3-9-26-21)10-17(22(27)28)11-18(13-24)16-5-2-8-25-14-16/h1-12,14H/b18-11+. The van der Waals surface area contributed by atoms with Gasteiger partial charge in [-0.2, -0.15) is 5.26 Å². The summed E-state index contributed by atoms with van der Waals surface area (Å²) in [6.45, 7) is 0. The van der Waals surface area contributed by atoms with Crippen LogP contribution in [-0.2, 0) is 0 Å². The van der Waals surface area contributed by atoms with Gasteiger partial charge in [-0.25, -0.2) is 4.98 Å². The highest BCUT2D eigenvalue weighted by Crippen LogP contribution is 2.21. The summed E-state index contributed by atoms with van der Waals surface area (Å²) in [5, 5.41) is 10.9. The van der Waals surface area contributed by atoms with Gasteiger partial charge in [-0.3, -0.25) is 14.3 Å². The average Bonchev–Trinajstić information content (AvgIpc) is 2.73. The molecule has 0 aliphatic rings. The number of nitrogens with zero attached hydrogens (tertiary/aromatic N) is 4. The molecule has 0 radical (unpaired) electrons. The quantitative estimate of drug-likeness (QED) is 0.487. The van der Waals surface area contributed by atoms with Gasteiger partial charge in [0.1, 0.15) is 5.65 Å². The molecule has 5 nitrogen and oxygen atoms in total. The lowest BCUT2D eigenvalue weighted by Crippen LogP contribution is -2.21. The first-order valence-electron chi connectivity index (χ1n) is 8.46. The van der Waals surface area contributed by atoms with Crippen molar-refractivity contribution < 1.29 is 0 Å². The largest absolute Gasteiger partial charge is 0.268 e. The molecule has 0 saturated heterocycles. The zero-order valence-corrected chi connectivity index (χ0v) is 15.3. The lowest BCUT2D eigenvalue weighted by atomic mass is 10.1. The summed E-state index contributed by atoms with van der Waals surface area (Å²) in [6, 6.07) is 18.1. The van der Waals surface area contributed by atoms with Gasteiger partial charge in [0.25, 0.3) is 5.56 Å². The molecular formula is C22H13ClN4O. The third-order valence-corrected chi connectivity index (χ3v) is 4.48. The predicted molar refractivity (Wildman–Crippen MR) is 110 cm³/mol. The van der Waals surface area contributed by atoms with Crippen LogP contribution in [0.1, 0.15) is 11.1 Å². The third-order valence-electron chi connectivity index (χ3n) is 4.25. The zero-order valence-electron chi connectivity index (χ0n) is 14.6. The van der Waals surface area contributed by atoms with E-state index in [-0.39, 0.29) is 5.56 Å². The minimum Gasteiger partial charge on any atom is -0.268 e. The van der Waals surface area contributed by atoms with Crippen LogP contribution in [0.15, 0.2) is 78.0 Å². The highest BCUT2D eigenvalue weighted by atomic mass is 35.5. The van der Waals surface area contributed by atoms with Gasteiger partial charge in [-0.05, 0) is 48.5 Å². The van der Waals surface area contributed by atoms with Gasteiger partial charge in [0, 0.05) is 40.1 Å². The van der Waals surface area contributed by atoms with Crippen LogP contribution < -0.4 is 5.56 Å². The van der Waals surface area contributed by atoms with Gasteiger partial charge in [0.05, 0.1) is 17.3 Å². The number of allylic oxidation sites excluding steroid dienone is 1. The van der Waals surface area contributed by atoms with Crippen molar-refractivity contribution in [3.05, 3.63) is 99.7 Å². The predicted octanol–water partition coefficient (Wildman–Crippen LogP) is 4.50. The highest BCUT2D eigenvalue weighted by molar-refractivity contribution is 6.30. The summed E-state index contributed by atoms with van der Waals surface area (Å²) in [6.07, 6.45) is 6.43. The Morgan fingerprint density at radius 3 is 2.71 bits per heavy atom. The van der Waals surface area contributed by atoms with Crippen LogP contribution in [0, 0.1) is 11.3 Å². The van der Waals surface area contributed by atoms with Crippen molar-refractivity contribution >= 4 is 34.3 Å². The van der Waals surface area contributed by atoms with Gasteiger partial charge in [-0.15, -0.1) is 0 Å². The van der Waals surface area contributed by atoms with E-state index in [1.165, 1.54) is 4.57 Å². The second-order valence-corrected chi connectivity index (χ2v) is 6.48. The first-order chi connectivity index (χ1) is 13.7. The summed E-state index contributed by atoms with van der Waals surface area (Å²) in [5.41, 5.74) is 2.21. The molecule has 4 rings (SSSR count). The Labute approximate surface area is 165 Å². The van der Waals surface area contributed by atoms with Gasteiger partial charge in [-0.1, -0.05) is 23.7 Å². The van der Waals surface area contributed by atoms with E-state index in [1.54, 1.807) is 73.2 Å². The van der Waals surface area contributed by atoms with E-state index in [4.69, 9.17) is 11.6 Å². The smallest absolute Gasteiger partial charge is 0.264 e. The Kier molecular flexibility index (Phi) is 4.71. The maximum Gasteiger partial charge on any atom is 0.264 e. The van der Waals surface area contributed by atoms with Crippen LogP contribution in [0.4, 0.5) is 0 Å². The molecule has 0 N–H and O–H groups in total. The minimum atomic E-state index is -0.287. The van der Waals surface area contributed by atoms with Crippen molar-refractivity contribution in [1.29, 1.82) is 5.26 Å². The molecule has 0 unspecified atom stereocenters. The Morgan fingerprint density at radius 2 is 1.96 bits per heavy atom. The Balaban J connectivity index is 2.01. The summed E-state index contributed by atoms with van der Waals surface area (Å²) >= 11 is 6.13. The molecule has 3 aromatic heterocycles. The molecule has 6 heteroatoms. The monoisotopic (exact) mass is 384 g/mol. The zero-order chi connectivity index (χ0) is 19.5. The maximum atomic E-state index is 13.3. The fraction of sp³-hybridized carbons (Fsp3) is 0. The van der Waals surface area contributed by atoms with E-state index in [0.29, 0.717) is 33.1 Å². The lowest BCUT2D eigenvalue weighted by Gasteiger charge is -2.11. The van der Waals surface area contributed by atoms with Gasteiger partial charge < -0.3 is 0 Å². The molecule has 1 aromatic carbocycles. The number of hydrogen-bond donors (Lipinski definition) is 0. The molecule has 0 atom stereocenters. The van der Waals surface area contributed by atoms with Gasteiger partial charge in [0.2, 0.25) is 0 Å². The first-order valence-corrected chi connectivity index (χ1v) is 8.84. The molecule has 0 fully saturated rings. The number of nitriles is 1. The molecule has 4 aromatic rings. The second-order valence-electron chi connectivity index (χ2n) is 6.05. The van der Waals surface area contributed by atoms with Crippen molar-refractivity contribution in [2.45, 2.75) is 0 Å². The van der Waals surface area contributed by atoms with E-state index in [9.17, 15) is 10.1 Å². The molecule has 134 valence electrons. The first kappa shape index (κ1) is 17.7. The molecule has 0 amide bonds. The number of fused-ring (bicyclic) bond motifs is 1. The van der Waals surface area contributed by atoms with Gasteiger partial charge >= 0.3 is 0 Å². The molecule has 0 spiro atoms. The summed E-state index contributed by atoms with van der Waals surface area (Å²) < 4.78 is 1.51.